The SMILES string of the molecule is CCCC(NC(=O)C=C(C)C)C(=O)O. The molecule has 0 spiro atoms. The molecular formula is C10H17NO3. The molecule has 0 aromatic heterocycles. The van der Waals surface area contributed by atoms with E-state index in [0.29, 0.717) is 6.42 Å². The largest absolute Gasteiger partial charge is 0.480 e. The van der Waals surface area contributed by atoms with E-state index in [0.717, 1.165) is 12.0 Å². The van der Waals surface area contributed by atoms with E-state index < -0.39 is 12.0 Å². The van der Waals surface area contributed by atoms with E-state index in [2.05, 4.69) is 5.32 Å². The Balaban J connectivity index is 4.23. The van der Waals surface area contributed by atoms with E-state index in [1.54, 1.807) is 13.8 Å². The van der Waals surface area contributed by atoms with Crippen LogP contribution in [0.4, 0.5) is 0 Å². The van der Waals surface area contributed by atoms with Crippen LogP contribution in [0.5, 0.6) is 0 Å². The zero-order valence-corrected chi connectivity index (χ0v) is 8.83. The van der Waals surface area contributed by atoms with Crippen molar-refractivity contribution in [1.82, 2.24) is 5.32 Å². The van der Waals surface area contributed by atoms with Gasteiger partial charge < -0.3 is 10.4 Å². The predicted molar refractivity (Wildman–Crippen MR) is 53.9 cm³/mol. The lowest BCUT2D eigenvalue weighted by Gasteiger charge is -2.11. The normalized spacial score (nSPS) is 11.6. The predicted octanol–water partition coefficient (Wildman–Crippen LogP) is 1.32. The van der Waals surface area contributed by atoms with Crippen molar-refractivity contribution < 1.29 is 14.7 Å². The highest BCUT2D eigenvalue weighted by Gasteiger charge is 2.17. The molecular weight excluding hydrogens is 182 g/mol. The number of carboxylic acids is 1. The number of carboxylic acid groups (broad SMARTS) is 1. The second-order valence-electron chi connectivity index (χ2n) is 3.41. The second kappa shape index (κ2) is 6.18. The Morgan fingerprint density at radius 2 is 2.00 bits per heavy atom. The number of allylic oxidation sites excluding steroid dienone is 1. The van der Waals surface area contributed by atoms with Crippen LogP contribution < -0.4 is 5.32 Å². The van der Waals surface area contributed by atoms with Crippen LogP contribution in [0, 0.1) is 0 Å². The topological polar surface area (TPSA) is 66.4 Å². The molecule has 0 aromatic rings. The summed E-state index contributed by atoms with van der Waals surface area (Å²) in [6.45, 7) is 5.45. The van der Waals surface area contributed by atoms with Gasteiger partial charge in [-0.3, -0.25) is 4.79 Å². The van der Waals surface area contributed by atoms with E-state index in [9.17, 15) is 9.59 Å². The zero-order valence-electron chi connectivity index (χ0n) is 8.83. The molecule has 0 aliphatic heterocycles. The van der Waals surface area contributed by atoms with Crippen molar-refractivity contribution in [1.29, 1.82) is 0 Å². The third kappa shape index (κ3) is 5.35. The van der Waals surface area contributed by atoms with Gasteiger partial charge in [0.2, 0.25) is 5.91 Å². The van der Waals surface area contributed by atoms with Gasteiger partial charge in [-0.15, -0.1) is 0 Å². The lowest BCUT2D eigenvalue weighted by Crippen LogP contribution is -2.39. The van der Waals surface area contributed by atoms with Gasteiger partial charge in [0.05, 0.1) is 0 Å². The van der Waals surface area contributed by atoms with Crippen LogP contribution >= 0.6 is 0 Å². The second-order valence-corrected chi connectivity index (χ2v) is 3.41. The molecule has 4 heteroatoms. The monoisotopic (exact) mass is 199 g/mol. The summed E-state index contributed by atoms with van der Waals surface area (Å²) in [5, 5.41) is 11.2. The van der Waals surface area contributed by atoms with Gasteiger partial charge in [-0.25, -0.2) is 4.79 Å². The fraction of sp³-hybridized carbons (Fsp3) is 0.600. The summed E-state index contributed by atoms with van der Waals surface area (Å²) in [6.07, 6.45) is 2.58. The number of nitrogens with one attached hydrogen (secondary N) is 1. The van der Waals surface area contributed by atoms with Crippen molar-refractivity contribution in [3.05, 3.63) is 11.6 Å². The summed E-state index contributed by atoms with van der Waals surface area (Å²) in [7, 11) is 0. The van der Waals surface area contributed by atoms with Crippen LogP contribution in [-0.4, -0.2) is 23.0 Å². The standard InChI is InChI=1S/C10H17NO3/c1-4-5-8(10(13)14)11-9(12)6-7(2)3/h6,8H,4-5H2,1-3H3,(H,11,12)(H,13,14). The van der Waals surface area contributed by atoms with E-state index in [4.69, 9.17) is 5.11 Å². The third-order valence-electron chi connectivity index (χ3n) is 1.61. The van der Waals surface area contributed by atoms with Gasteiger partial charge in [0, 0.05) is 6.08 Å². The number of carbonyl (C=O) groups is 2. The summed E-state index contributed by atoms with van der Waals surface area (Å²) >= 11 is 0. The molecule has 1 unspecified atom stereocenters. The van der Waals surface area contributed by atoms with E-state index >= 15 is 0 Å². The lowest BCUT2D eigenvalue weighted by molar-refractivity contribution is -0.141. The Bertz CT molecular complexity index is 242. The lowest BCUT2D eigenvalue weighted by atomic mass is 10.1. The minimum atomic E-state index is -0.984. The van der Waals surface area contributed by atoms with Crippen molar-refractivity contribution in [2.75, 3.05) is 0 Å². The molecule has 0 aliphatic carbocycles. The third-order valence-corrected chi connectivity index (χ3v) is 1.61. The Kier molecular flexibility index (Phi) is 5.60. The highest BCUT2D eigenvalue weighted by atomic mass is 16.4. The minimum absolute atomic E-state index is 0.342. The van der Waals surface area contributed by atoms with Crippen molar-refractivity contribution >= 4 is 11.9 Å². The van der Waals surface area contributed by atoms with E-state index in [1.165, 1.54) is 6.08 Å². The first-order valence-corrected chi connectivity index (χ1v) is 4.65. The average Bonchev–Trinajstić information content (AvgIpc) is 2.01. The van der Waals surface area contributed by atoms with Crippen LogP contribution in [-0.2, 0) is 9.59 Å². The van der Waals surface area contributed by atoms with Crippen LogP contribution in [0.15, 0.2) is 11.6 Å². The van der Waals surface area contributed by atoms with Gasteiger partial charge in [0.15, 0.2) is 0 Å². The number of carbonyl (C=O) groups excluding carboxylic acids is 1. The molecule has 80 valence electrons. The van der Waals surface area contributed by atoms with Crippen LogP contribution in [0.2, 0.25) is 0 Å². The molecule has 0 aromatic carbocycles. The van der Waals surface area contributed by atoms with Gasteiger partial charge in [-0.2, -0.15) is 0 Å². The Hall–Kier alpha value is -1.32. The Labute approximate surface area is 84.0 Å². The van der Waals surface area contributed by atoms with Gasteiger partial charge in [0.1, 0.15) is 6.04 Å². The molecule has 0 saturated carbocycles. The molecule has 0 fully saturated rings. The Morgan fingerprint density at radius 3 is 2.36 bits per heavy atom. The van der Waals surface area contributed by atoms with Crippen LogP contribution in [0.1, 0.15) is 33.6 Å². The molecule has 0 aliphatic rings. The molecule has 2 N–H and O–H groups in total. The summed E-state index contributed by atoms with van der Waals surface area (Å²) in [6, 6.07) is -0.775. The number of aliphatic carboxylic acids is 1. The van der Waals surface area contributed by atoms with E-state index in [-0.39, 0.29) is 5.91 Å². The zero-order chi connectivity index (χ0) is 11.1. The Morgan fingerprint density at radius 1 is 1.43 bits per heavy atom. The van der Waals surface area contributed by atoms with Gasteiger partial charge in [-0.05, 0) is 20.3 Å². The summed E-state index contributed by atoms with van der Waals surface area (Å²) in [5.41, 5.74) is 0.850. The highest BCUT2D eigenvalue weighted by Crippen LogP contribution is 1.97. The fourth-order valence-corrected chi connectivity index (χ4v) is 1.02. The molecule has 0 rings (SSSR count). The minimum Gasteiger partial charge on any atom is -0.480 e. The molecule has 1 amide bonds. The van der Waals surface area contributed by atoms with Gasteiger partial charge in [-0.1, -0.05) is 18.9 Å². The molecule has 0 saturated heterocycles. The molecule has 0 heterocycles. The quantitative estimate of drug-likeness (QED) is 0.656. The van der Waals surface area contributed by atoms with Gasteiger partial charge >= 0.3 is 5.97 Å². The molecule has 0 radical (unpaired) electrons. The first kappa shape index (κ1) is 12.7. The highest BCUT2D eigenvalue weighted by molar-refractivity contribution is 5.91. The maximum absolute atomic E-state index is 11.2. The number of rotatable bonds is 5. The summed E-state index contributed by atoms with van der Waals surface area (Å²) in [4.78, 5) is 21.9. The first-order valence-electron chi connectivity index (χ1n) is 4.65. The van der Waals surface area contributed by atoms with Crippen molar-refractivity contribution in [2.45, 2.75) is 39.7 Å². The molecule has 0 bridgehead atoms. The summed E-state index contributed by atoms with van der Waals surface area (Å²) in [5.74, 6) is -1.33. The van der Waals surface area contributed by atoms with Crippen molar-refractivity contribution in [3.8, 4) is 0 Å². The maximum Gasteiger partial charge on any atom is 0.326 e. The van der Waals surface area contributed by atoms with E-state index in [1.807, 2.05) is 6.92 Å². The first-order chi connectivity index (χ1) is 6.47. The number of hydrogen-bond acceptors (Lipinski definition) is 2. The molecule has 4 nitrogen and oxygen atoms in total. The molecule has 1 atom stereocenters. The number of amides is 1. The summed E-state index contributed by atoms with van der Waals surface area (Å²) < 4.78 is 0. The van der Waals surface area contributed by atoms with Crippen molar-refractivity contribution in [2.24, 2.45) is 0 Å². The van der Waals surface area contributed by atoms with Crippen LogP contribution in [0.3, 0.4) is 0 Å². The van der Waals surface area contributed by atoms with Crippen LogP contribution in [0.25, 0.3) is 0 Å². The maximum atomic E-state index is 11.2. The molecule has 14 heavy (non-hydrogen) atoms. The van der Waals surface area contributed by atoms with Crippen molar-refractivity contribution in [3.63, 3.8) is 0 Å². The fourth-order valence-electron chi connectivity index (χ4n) is 1.02. The smallest absolute Gasteiger partial charge is 0.326 e. The number of hydrogen-bond donors (Lipinski definition) is 2. The van der Waals surface area contributed by atoms with Gasteiger partial charge in [0.25, 0.3) is 0 Å². The average molecular weight is 199 g/mol.